The van der Waals surface area contributed by atoms with Crippen LogP contribution in [0.2, 0.25) is 0 Å². The van der Waals surface area contributed by atoms with Crippen molar-refractivity contribution in [1.82, 2.24) is 10.2 Å². The van der Waals surface area contributed by atoms with Gasteiger partial charge in [0.05, 0.1) is 0 Å². The Morgan fingerprint density at radius 3 is 2.59 bits per heavy atom. The van der Waals surface area contributed by atoms with E-state index in [9.17, 15) is 0 Å². The third-order valence-corrected chi connectivity index (χ3v) is 3.79. The van der Waals surface area contributed by atoms with E-state index in [0.29, 0.717) is 0 Å². The fourth-order valence-corrected chi connectivity index (χ4v) is 2.41. The summed E-state index contributed by atoms with van der Waals surface area (Å²) in [6, 6.07) is 0. The summed E-state index contributed by atoms with van der Waals surface area (Å²) in [6.07, 6.45) is 2.52. The second kappa shape index (κ2) is 8.36. The quantitative estimate of drug-likeness (QED) is 0.802. The number of hydrogen-bond acceptors (Lipinski definition) is 2. The Kier molecular flexibility index (Phi) is 7.52. The van der Waals surface area contributed by atoms with Crippen molar-refractivity contribution in [3.63, 3.8) is 0 Å². The summed E-state index contributed by atoms with van der Waals surface area (Å²) in [5.41, 5.74) is 1.47. The van der Waals surface area contributed by atoms with Gasteiger partial charge in [-0.3, -0.25) is 4.90 Å². The number of rotatable bonds is 6. The molecule has 1 aliphatic rings. The Morgan fingerprint density at radius 2 is 2.06 bits per heavy atom. The zero-order valence-corrected chi connectivity index (χ0v) is 12.4. The molecule has 0 aromatic carbocycles. The molecule has 0 aliphatic carbocycles. The molecule has 0 aromatic rings. The van der Waals surface area contributed by atoms with Crippen molar-refractivity contribution in [1.29, 1.82) is 0 Å². The van der Waals surface area contributed by atoms with Gasteiger partial charge in [-0.15, -0.1) is 0 Å². The van der Waals surface area contributed by atoms with E-state index in [2.05, 4.69) is 24.1 Å². The molecular weight excluding hydrogens is 255 g/mol. The lowest BCUT2D eigenvalue weighted by molar-refractivity contribution is 0.196. The largest absolute Gasteiger partial charge is 0.316 e. The van der Waals surface area contributed by atoms with Gasteiger partial charge in [0.25, 0.3) is 0 Å². The predicted molar refractivity (Wildman–Crippen MR) is 76.7 cm³/mol. The molecule has 4 heteroatoms. The van der Waals surface area contributed by atoms with Crippen LogP contribution in [0.4, 0.5) is 0 Å². The van der Waals surface area contributed by atoms with Crippen LogP contribution in [0.5, 0.6) is 0 Å². The Bertz CT molecular complexity index is 234. The summed E-state index contributed by atoms with van der Waals surface area (Å²) in [5.74, 6) is 1.56. The van der Waals surface area contributed by atoms with Crippen molar-refractivity contribution in [2.24, 2.45) is 11.8 Å². The standard InChI is InChI=1S/C13H24Cl2N2/c1-11(2)8-16-9-12-3-5-17(6-4-12)10-13(15)7-14/h7,11-12,16H,3-6,8-10H2,1-2H3. The van der Waals surface area contributed by atoms with Crippen molar-refractivity contribution in [2.75, 3.05) is 32.7 Å². The number of piperidine rings is 1. The molecule has 0 unspecified atom stereocenters. The molecule has 0 radical (unpaired) electrons. The summed E-state index contributed by atoms with van der Waals surface area (Å²) in [7, 11) is 0. The maximum atomic E-state index is 5.93. The molecule has 1 N–H and O–H groups in total. The molecule has 1 rings (SSSR count). The molecule has 0 saturated carbocycles. The maximum absolute atomic E-state index is 5.93. The van der Waals surface area contributed by atoms with Crippen LogP contribution in [-0.4, -0.2) is 37.6 Å². The van der Waals surface area contributed by atoms with Crippen molar-refractivity contribution < 1.29 is 0 Å². The molecular formula is C13H24Cl2N2. The summed E-state index contributed by atoms with van der Waals surface area (Å²) < 4.78 is 0. The molecule has 100 valence electrons. The number of halogens is 2. The second-order valence-electron chi connectivity index (χ2n) is 5.33. The molecule has 2 nitrogen and oxygen atoms in total. The fraction of sp³-hybridized carbons (Fsp3) is 0.846. The van der Waals surface area contributed by atoms with Crippen LogP contribution in [0.15, 0.2) is 10.6 Å². The van der Waals surface area contributed by atoms with E-state index in [-0.39, 0.29) is 0 Å². The van der Waals surface area contributed by atoms with E-state index < -0.39 is 0 Å². The molecule has 0 bridgehead atoms. The summed E-state index contributed by atoms with van der Waals surface area (Å²) >= 11 is 11.5. The van der Waals surface area contributed by atoms with Gasteiger partial charge >= 0.3 is 0 Å². The van der Waals surface area contributed by atoms with Crippen LogP contribution in [0.1, 0.15) is 26.7 Å². The lowest BCUT2D eigenvalue weighted by Gasteiger charge is -2.31. The highest BCUT2D eigenvalue weighted by Gasteiger charge is 2.19. The van der Waals surface area contributed by atoms with Gasteiger partial charge in [0.15, 0.2) is 0 Å². The smallest absolute Gasteiger partial charge is 0.0434 e. The highest BCUT2D eigenvalue weighted by atomic mass is 35.5. The average Bonchev–Trinajstić information content (AvgIpc) is 2.31. The minimum absolute atomic E-state index is 0.739. The minimum atomic E-state index is 0.739. The molecule has 1 fully saturated rings. The molecule has 1 saturated heterocycles. The molecule has 0 atom stereocenters. The van der Waals surface area contributed by atoms with E-state index in [1.807, 2.05) is 0 Å². The first-order valence-electron chi connectivity index (χ1n) is 6.49. The normalized spacial score (nSPS) is 20.2. The minimum Gasteiger partial charge on any atom is -0.316 e. The van der Waals surface area contributed by atoms with Crippen LogP contribution in [-0.2, 0) is 0 Å². The van der Waals surface area contributed by atoms with Gasteiger partial charge in [-0.1, -0.05) is 37.0 Å². The van der Waals surface area contributed by atoms with Crippen molar-refractivity contribution in [3.8, 4) is 0 Å². The average molecular weight is 279 g/mol. The van der Waals surface area contributed by atoms with Crippen LogP contribution in [0.3, 0.4) is 0 Å². The van der Waals surface area contributed by atoms with Crippen molar-refractivity contribution in [2.45, 2.75) is 26.7 Å². The topological polar surface area (TPSA) is 15.3 Å². The van der Waals surface area contributed by atoms with Gasteiger partial charge < -0.3 is 5.32 Å². The second-order valence-corrected chi connectivity index (χ2v) is 6.03. The fourth-order valence-electron chi connectivity index (χ4n) is 2.17. The lowest BCUT2D eigenvalue weighted by atomic mass is 9.96. The molecule has 1 heterocycles. The monoisotopic (exact) mass is 278 g/mol. The van der Waals surface area contributed by atoms with Crippen molar-refractivity contribution >= 4 is 23.2 Å². The van der Waals surface area contributed by atoms with E-state index in [1.165, 1.54) is 18.4 Å². The van der Waals surface area contributed by atoms with Crippen LogP contribution in [0, 0.1) is 11.8 Å². The summed E-state index contributed by atoms with van der Waals surface area (Å²) in [5, 5.41) is 4.28. The van der Waals surface area contributed by atoms with E-state index in [0.717, 1.165) is 49.6 Å². The van der Waals surface area contributed by atoms with Gasteiger partial charge in [-0.05, 0) is 50.9 Å². The Balaban J connectivity index is 2.13. The van der Waals surface area contributed by atoms with Gasteiger partial charge in [-0.25, -0.2) is 0 Å². The Morgan fingerprint density at radius 1 is 1.41 bits per heavy atom. The van der Waals surface area contributed by atoms with E-state index >= 15 is 0 Å². The van der Waals surface area contributed by atoms with Crippen LogP contribution in [0.25, 0.3) is 0 Å². The Labute approximate surface area is 115 Å². The highest BCUT2D eigenvalue weighted by molar-refractivity contribution is 6.36. The molecule has 0 aromatic heterocycles. The molecule has 0 amide bonds. The zero-order chi connectivity index (χ0) is 12.7. The number of nitrogens with zero attached hydrogens (tertiary/aromatic N) is 1. The van der Waals surface area contributed by atoms with Crippen molar-refractivity contribution in [3.05, 3.63) is 10.6 Å². The van der Waals surface area contributed by atoms with Gasteiger partial charge in [-0.2, -0.15) is 0 Å². The van der Waals surface area contributed by atoms with E-state index in [4.69, 9.17) is 23.2 Å². The zero-order valence-electron chi connectivity index (χ0n) is 10.9. The van der Waals surface area contributed by atoms with Gasteiger partial charge in [0, 0.05) is 17.1 Å². The third kappa shape index (κ3) is 6.66. The predicted octanol–water partition coefficient (Wildman–Crippen LogP) is 3.26. The first-order valence-corrected chi connectivity index (χ1v) is 7.31. The Hall–Kier alpha value is 0.240. The number of nitrogens with one attached hydrogen (secondary N) is 1. The number of likely N-dealkylation sites (tertiary alicyclic amines) is 1. The van der Waals surface area contributed by atoms with Crippen LogP contribution < -0.4 is 5.32 Å². The van der Waals surface area contributed by atoms with E-state index in [1.54, 1.807) is 0 Å². The van der Waals surface area contributed by atoms with Gasteiger partial charge in [0.2, 0.25) is 0 Å². The third-order valence-electron chi connectivity index (χ3n) is 3.19. The molecule has 17 heavy (non-hydrogen) atoms. The molecule has 1 aliphatic heterocycles. The summed E-state index contributed by atoms with van der Waals surface area (Å²) in [6.45, 7) is 9.85. The lowest BCUT2D eigenvalue weighted by Crippen LogP contribution is -2.38. The highest BCUT2D eigenvalue weighted by Crippen LogP contribution is 2.18. The molecule has 0 spiro atoms. The first-order chi connectivity index (χ1) is 8.11. The van der Waals surface area contributed by atoms with Crippen LogP contribution >= 0.6 is 23.2 Å². The number of hydrogen-bond donors (Lipinski definition) is 1. The summed E-state index contributed by atoms with van der Waals surface area (Å²) in [4.78, 5) is 2.38. The first kappa shape index (κ1) is 15.3. The SMILES string of the molecule is CC(C)CNCC1CCN(CC(Cl)=CCl)CC1. The maximum Gasteiger partial charge on any atom is 0.0434 e. The van der Waals surface area contributed by atoms with Gasteiger partial charge in [0.1, 0.15) is 0 Å².